The van der Waals surface area contributed by atoms with E-state index in [0.717, 1.165) is 19.3 Å². The molecule has 1 N–H and O–H groups in total. The molecule has 1 amide bonds. The largest absolute Gasteiger partial charge is 0.413 e. The summed E-state index contributed by atoms with van der Waals surface area (Å²) in [5.74, 6) is 2.65. The van der Waals surface area contributed by atoms with Crippen LogP contribution in [0.25, 0.3) is 0 Å². The van der Waals surface area contributed by atoms with Crippen LogP contribution in [-0.2, 0) is 14.1 Å². The monoisotopic (exact) mass is 441 g/mol. The molecule has 0 saturated heterocycles. The molecule has 6 heteroatoms. The molecule has 0 aromatic heterocycles. The second-order valence-electron chi connectivity index (χ2n) is 10.6. The van der Waals surface area contributed by atoms with Crippen LogP contribution in [-0.4, -0.2) is 50.8 Å². The van der Waals surface area contributed by atoms with Gasteiger partial charge in [0.1, 0.15) is 0 Å². The van der Waals surface area contributed by atoms with Gasteiger partial charge in [-0.15, -0.1) is 12.3 Å². The maximum atomic E-state index is 12.8. The zero-order chi connectivity index (χ0) is 23.9. The predicted molar refractivity (Wildman–Crippen MR) is 127 cm³/mol. The molecule has 0 aliphatic heterocycles. The van der Waals surface area contributed by atoms with Crippen LogP contribution in [0.4, 0.5) is 0 Å². The maximum Gasteiger partial charge on any atom is 0.251 e. The van der Waals surface area contributed by atoms with Crippen LogP contribution in [0.2, 0.25) is 18.1 Å². The molecule has 6 atom stereocenters. The third-order valence-electron chi connectivity index (χ3n) is 6.86. The average molecular weight is 442 g/mol. The van der Waals surface area contributed by atoms with Crippen molar-refractivity contribution in [1.29, 1.82) is 0 Å². The Morgan fingerprint density at radius 3 is 2.13 bits per heavy atom. The first-order valence-corrected chi connectivity index (χ1v) is 14.1. The SMILES string of the molecule is C#C[C@H](C)[C@H](O)[C@@H](C)C[C@@H](C)CC[C@@H](O[Si](C)(C)C(C)(C)C)[C@H](C)C(=O)N(C)OC. The van der Waals surface area contributed by atoms with Crippen molar-refractivity contribution >= 4 is 14.2 Å². The second kappa shape index (κ2) is 12.2. The standard InChI is InChI=1S/C24H47NO4Si/c1-13-18(3)22(26)19(4)16-17(2)14-15-21(20(5)23(27)25(9)28-10)29-30(11,12)24(6,7)8/h1,17-22,26H,14-16H2,2-12H3/t17-,18-,19-,20-,21+,22-/m0/s1. The number of amides is 1. The highest BCUT2D eigenvalue weighted by atomic mass is 28.4. The fourth-order valence-corrected chi connectivity index (χ4v) is 4.87. The van der Waals surface area contributed by atoms with Crippen molar-refractivity contribution in [3.63, 3.8) is 0 Å². The molecule has 0 rings (SSSR count). The van der Waals surface area contributed by atoms with E-state index in [1.54, 1.807) is 7.05 Å². The second-order valence-corrected chi connectivity index (χ2v) is 15.3. The van der Waals surface area contributed by atoms with Gasteiger partial charge < -0.3 is 9.53 Å². The van der Waals surface area contributed by atoms with E-state index < -0.39 is 14.4 Å². The summed E-state index contributed by atoms with van der Waals surface area (Å²) in [5, 5.41) is 11.7. The van der Waals surface area contributed by atoms with E-state index in [0.29, 0.717) is 5.92 Å². The molecule has 176 valence electrons. The molecule has 0 saturated carbocycles. The Labute approximate surface area is 187 Å². The van der Waals surface area contributed by atoms with Gasteiger partial charge in [-0.25, -0.2) is 5.06 Å². The number of terminal acetylenes is 1. The molecule has 0 aliphatic rings. The van der Waals surface area contributed by atoms with Gasteiger partial charge in [0.15, 0.2) is 8.32 Å². The van der Waals surface area contributed by atoms with Gasteiger partial charge in [-0.2, -0.15) is 0 Å². The van der Waals surface area contributed by atoms with Gasteiger partial charge in [-0.05, 0) is 56.2 Å². The molecular formula is C24H47NO4Si. The summed E-state index contributed by atoms with van der Waals surface area (Å²) >= 11 is 0. The van der Waals surface area contributed by atoms with Gasteiger partial charge in [0.05, 0.1) is 25.2 Å². The van der Waals surface area contributed by atoms with Gasteiger partial charge >= 0.3 is 0 Å². The topological polar surface area (TPSA) is 59.0 Å². The Morgan fingerprint density at radius 2 is 1.70 bits per heavy atom. The number of rotatable bonds is 12. The maximum absolute atomic E-state index is 12.8. The van der Waals surface area contributed by atoms with Crippen molar-refractivity contribution in [1.82, 2.24) is 5.06 Å². The van der Waals surface area contributed by atoms with Gasteiger partial charge in [0, 0.05) is 13.0 Å². The van der Waals surface area contributed by atoms with Crippen molar-refractivity contribution in [2.45, 2.75) is 98.1 Å². The minimum absolute atomic E-state index is 0.0662. The molecule has 0 fully saturated rings. The highest BCUT2D eigenvalue weighted by molar-refractivity contribution is 6.74. The smallest absolute Gasteiger partial charge is 0.251 e. The number of aliphatic hydroxyl groups excluding tert-OH is 1. The van der Waals surface area contributed by atoms with E-state index in [-0.39, 0.29) is 34.8 Å². The highest BCUT2D eigenvalue weighted by Crippen LogP contribution is 2.39. The molecule has 0 radical (unpaired) electrons. The fraction of sp³-hybridized carbons (Fsp3) is 0.875. The quantitative estimate of drug-likeness (QED) is 0.260. The van der Waals surface area contributed by atoms with Gasteiger partial charge in [0.25, 0.3) is 5.91 Å². The van der Waals surface area contributed by atoms with Crippen molar-refractivity contribution in [3.8, 4) is 12.3 Å². The molecular weight excluding hydrogens is 394 g/mol. The van der Waals surface area contributed by atoms with Crippen LogP contribution in [0.5, 0.6) is 0 Å². The number of hydroxylamine groups is 2. The Balaban J connectivity index is 5.26. The number of aliphatic hydroxyl groups is 1. The van der Waals surface area contributed by atoms with Crippen LogP contribution < -0.4 is 0 Å². The van der Waals surface area contributed by atoms with E-state index in [4.69, 9.17) is 15.7 Å². The van der Waals surface area contributed by atoms with Crippen LogP contribution in [0.3, 0.4) is 0 Å². The number of carbonyl (C=O) groups excluding carboxylic acids is 1. The summed E-state index contributed by atoms with van der Waals surface area (Å²) in [6, 6.07) is 0. The normalized spacial score (nSPS) is 18.6. The first-order valence-electron chi connectivity index (χ1n) is 11.2. The van der Waals surface area contributed by atoms with E-state index in [9.17, 15) is 9.90 Å². The summed E-state index contributed by atoms with van der Waals surface area (Å²) in [6.45, 7) is 19.1. The lowest BCUT2D eigenvalue weighted by Gasteiger charge is -2.41. The van der Waals surface area contributed by atoms with E-state index in [2.05, 4.69) is 53.6 Å². The molecule has 5 nitrogen and oxygen atoms in total. The van der Waals surface area contributed by atoms with Crippen molar-refractivity contribution < 1.29 is 19.2 Å². The van der Waals surface area contributed by atoms with E-state index in [1.807, 2.05) is 13.8 Å². The van der Waals surface area contributed by atoms with Gasteiger partial charge in [0.2, 0.25) is 0 Å². The number of carbonyl (C=O) groups is 1. The van der Waals surface area contributed by atoms with Gasteiger partial charge in [-0.1, -0.05) is 41.5 Å². The van der Waals surface area contributed by atoms with E-state index in [1.165, 1.54) is 12.2 Å². The summed E-state index contributed by atoms with van der Waals surface area (Å²) in [7, 11) is 1.10. The highest BCUT2D eigenvalue weighted by Gasteiger charge is 2.41. The van der Waals surface area contributed by atoms with Crippen LogP contribution in [0.15, 0.2) is 0 Å². The Bertz CT molecular complexity index is 567. The number of nitrogens with zero attached hydrogens (tertiary/aromatic N) is 1. The van der Waals surface area contributed by atoms with Crippen LogP contribution >= 0.6 is 0 Å². The predicted octanol–water partition coefficient (Wildman–Crippen LogP) is 5.11. The molecule has 0 aromatic carbocycles. The third-order valence-corrected chi connectivity index (χ3v) is 11.4. The number of hydrogen-bond donors (Lipinski definition) is 1. The van der Waals surface area contributed by atoms with Gasteiger partial charge in [-0.3, -0.25) is 9.63 Å². The molecule has 0 aliphatic carbocycles. The average Bonchev–Trinajstić information content (AvgIpc) is 2.66. The minimum atomic E-state index is -2.04. The fourth-order valence-electron chi connectivity index (χ4n) is 3.43. The molecule has 0 unspecified atom stereocenters. The molecule has 0 aromatic rings. The van der Waals surface area contributed by atoms with Crippen molar-refractivity contribution in [2.24, 2.45) is 23.7 Å². The summed E-state index contributed by atoms with van der Waals surface area (Å²) in [5.41, 5.74) is 0. The Morgan fingerprint density at radius 1 is 1.17 bits per heavy atom. The minimum Gasteiger partial charge on any atom is -0.413 e. The molecule has 30 heavy (non-hydrogen) atoms. The number of hydrogen-bond acceptors (Lipinski definition) is 4. The lowest BCUT2D eigenvalue weighted by molar-refractivity contribution is -0.176. The zero-order valence-corrected chi connectivity index (χ0v) is 22.3. The first-order chi connectivity index (χ1) is 13.6. The molecule has 0 heterocycles. The first kappa shape index (κ1) is 29.1. The molecule has 0 spiro atoms. The zero-order valence-electron chi connectivity index (χ0n) is 21.3. The Hall–Kier alpha value is -0.873. The van der Waals surface area contributed by atoms with E-state index >= 15 is 0 Å². The summed E-state index contributed by atoms with van der Waals surface area (Å²) in [6.07, 6.45) is 7.42. The molecule has 0 bridgehead atoms. The Kier molecular flexibility index (Phi) is 11.9. The van der Waals surface area contributed by atoms with Crippen LogP contribution in [0.1, 0.15) is 67.7 Å². The van der Waals surface area contributed by atoms with Crippen molar-refractivity contribution in [3.05, 3.63) is 0 Å². The van der Waals surface area contributed by atoms with Crippen molar-refractivity contribution in [2.75, 3.05) is 14.2 Å². The lowest BCUT2D eigenvalue weighted by Crippen LogP contribution is -2.48. The summed E-state index contributed by atoms with van der Waals surface area (Å²) in [4.78, 5) is 17.9. The van der Waals surface area contributed by atoms with Crippen LogP contribution in [0, 0.1) is 36.0 Å². The lowest BCUT2D eigenvalue weighted by atomic mass is 9.84. The summed E-state index contributed by atoms with van der Waals surface area (Å²) < 4.78 is 6.70. The third kappa shape index (κ3) is 8.70.